The lowest BCUT2D eigenvalue weighted by Gasteiger charge is -2.32. The molecule has 1 saturated heterocycles. The molecule has 0 radical (unpaired) electrons. The highest BCUT2D eigenvalue weighted by Gasteiger charge is 2.24. The predicted molar refractivity (Wildman–Crippen MR) is 140 cm³/mol. The molecular formula is C27H29FN2O6S. The Kier molecular flexibility index (Phi) is 8.42. The minimum Gasteiger partial charge on any atom is -0.490 e. The highest BCUT2D eigenvalue weighted by Crippen LogP contribution is 2.37. The number of ether oxygens (including phenoxy) is 1. The third-order valence-electron chi connectivity index (χ3n) is 6.36. The van der Waals surface area contributed by atoms with Crippen molar-refractivity contribution >= 4 is 44.3 Å². The van der Waals surface area contributed by atoms with E-state index in [0.717, 1.165) is 58.4 Å². The second-order valence-corrected chi connectivity index (χ2v) is 10.2. The summed E-state index contributed by atoms with van der Waals surface area (Å²) in [6.45, 7) is 4.78. The number of aromatic amines is 1. The molecule has 0 amide bonds. The van der Waals surface area contributed by atoms with Crippen LogP contribution in [0.25, 0.3) is 21.0 Å². The molecule has 1 aliphatic heterocycles. The Balaban J connectivity index is 0.000000480. The minimum atomic E-state index is -1.82. The van der Waals surface area contributed by atoms with E-state index in [1.807, 2.05) is 37.3 Å². The van der Waals surface area contributed by atoms with Crippen LogP contribution in [0, 0.1) is 12.7 Å². The van der Waals surface area contributed by atoms with Crippen molar-refractivity contribution in [1.29, 1.82) is 0 Å². The molecule has 0 bridgehead atoms. The predicted octanol–water partition coefficient (Wildman–Crippen LogP) is 4.61. The molecule has 4 N–H and O–H groups in total. The highest BCUT2D eigenvalue weighted by molar-refractivity contribution is 7.19. The number of nitrogens with zero attached hydrogens (tertiary/aromatic N) is 1. The second-order valence-electron chi connectivity index (χ2n) is 9.12. The molecule has 1 aliphatic rings. The van der Waals surface area contributed by atoms with Gasteiger partial charge in [0.2, 0.25) is 0 Å². The molecule has 0 aliphatic carbocycles. The number of carboxylic acid groups (broad SMARTS) is 2. The summed E-state index contributed by atoms with van der Waals surface area (Å²) >= 11 is 1.71. The number of halogens is 1. The number of likely N-dealkylation sites (tertiary alicyclic amines) is 1. The number of aliphatic hydroxyl groups is 1. The maximum Gasteiger partial charge on any atom is 0.414 e. The van der Waals surface area contributed by atoms with Crippen molar-refractivity contribution in [3.8, 4) is 5.75 Å². The smallest absolute Gasteiger partial charge is 0.414 e. The van der Waals surface area contributed by atoms with Crippen LogP contribution in [0.3, 0.4) is 0 Å². The van der Waals surface area contributed by atoms with E-state index >= 15 is 0 Å². The number of β-amino-alcohol motifs (C(OH)–C–C–N with tert-alkyl or cyclic N) is 1. The van der Waals surface area contributed by atoms with Gasteiger partial charge in [-0.25, -0.2) is 14.0 Å². The highest BCUT2D eigenvalue weighted by atomic mass is 32.1. The Hall–Kier alpha value is -3.47. The van der Waals surface area contributed by atoms with Crippen molar-refractivity contribution in [2.24, 2.45) is 0 Å². The quantitative estimate of drug-likeness (QED) is 0.270. The van der Waals surface area contributed by atoms with Gasteiger partial charge in [0.25, 0.3) is 0 Å². The van der Waals surface area contributed by atoms with Crippen LogP contribution in [0.2, 0.25) is 0 Å². The summed E-state index contributed by atoms with van der Waals surface area (Å²) in [6, 6.07) is 15.3. The lowest BCUT2D eigenvalue weighted by Crippen LogP contribution is -2.40. The first kappa shape index (κ1) is 26.6. The number of H-pyrrole nitrogens is 1. The van der Waals surface area contributed by atoms with Crippen molar-refractivity contribution < 1.29 is 34.0 Å². The van der Waals surface area contributed by atoms with Crippen LogP contribution in [0.1, 0.15) is 29.3 Å². The number of carboxylic acids is 2. The zero-order valence-electron chi connectivity index (χ0n) is 20.3. The molecule has 2 aromatic carbocycles. The van der Waals surface area contributed by atoms with Crippen molar-refractivity contribution in [3.05, 3.63) is 64.9 Å². The van der Waals surface area contributed by atoms with Gasteiger partial charge in [-0.15, -0.1) is 11.3 Å². The molecule has 8 nitrogen and oxygen atoms in total. The number of thiophene rings is 1. The average molecular weight is 529 g/mol. The van der Waals surface area contributed by atoms with Crippen LogP contribution in [0.4, 0.5) is 4.39 Å². The van der Waals surface area contributed by atoms with Gasteiger partial charge in [0.15, 0.2) is 0 Å². The third-order valence-corrected chi connectivity index (χ3v) is 7.62. The Morgan fingerprint density at radius 3 is 2.49 bits per heavy atom. The Morgan fingerprint density at radius 2 is 1.81 bits per heavy atom. The molecule has 4 aromatic rings. The average Bonchev–Trinajstić information content (AvgIpc) is 3.47. The number of aliphatic hydroxyl groups excluding tert-OH is 1. The van der Waals surface area contributed by atoms with Gasteiger partial charge in [-0.1, -0.05) is 12.1 Å². The van der Waals surface area contributed by atoms with Crippen LogP contribution in [0.15, 0.2) is 48.5 Å². The molecule has 1 fully saturated rings. The van der Waals surface area contributed by atoms with Crippen molar-refractivity contribution in [3.63, 3.8) is 0 Å². The summed E-state index contributed by atoms with van der Waals surface area (Å²) in [7, 11) is 0. The fraction of sp³-hybridized carbons (Fsp3) is 0.333. The van der Waals surface area contributed by atoms with Crippen LogP contribution in [0.5, 0.6) is 5.75 Å². The molecule has 10 heteroatoms. The number of piperidine rings is 1. The maximum atomic E-state index is 14.0. The Bertz CT molecular complexity index is 1380. The van der Waals surface area contributed by atoms with E-state index in [9.17, 15) is 9.50 Å². The number of benzene rings is 2. The summed E-state index contributed by atoms with van der Waals surface area (Å²) < 4.78 is 21.0. The largest absolute Gasteiger partial charge is 0.490 e. The van der Waals surface area contributed by atoms with Crippen LogP contribution >= 0.6 is 11.3 Å². The number of nitrogens with one attached hydrogen (secondary N) is 1. The second kappa shape index (κ2) is 11.7. The number of carbonyl (C=O) groups is 2. The third kappa shape index (κ3) is 6.65. The van der Waals surface area contributed by atoms with Gasteiger partial charge in [0.05, 0.1) is 0 Å². The molecular weight excluding hydrogens is 499 g/mol. The molecule has 0 saturated carbocycles. The van der Waals surface area contributed by atoms with Gasteiger partial charge in [-0.2, -0.15) is 0 Å². The fourth-order valence-corrected chi connectivity index (χ4v) is 5.82. The first-order valence-corrected chi connectivity index (χ1v) is 12.8. The van der Waals surface area contributed by atoms with Crippen LogP contribution in [-0.4, -0.2) is 69.5 Å². The first-order valence-electron chi connectivity index (χ1n) is 12.0. The molecule has 196 valence electrons. The Labute approximate surface area is 216 Å². The number of fused-ring (bicyclic) bond motifs is 2. The molecule has 37 heavy (non-hydrogen) atoms. The molecule has 3 heterocycles. The summed E-state index contributed by atoms with van der Waals surface area (Å²) in [5, 5.41) is 27.1. The number of aliphatic carboxylic acids is 2. The van der Waals surface area contributed by atoms with Gasteiger partial charge < -0.3 is 29.9 Å². The molecule has 2 aromatic heterocycles. The van der Waals surface area contributed by atoms with E-state index in [1.54, 1.807) is 17.4 Å². The number of aromatic nitrogens is 1. The van der Waals surface area contributed by atoms with Gasteiger partial charge in [-0.3, -0.25) is 0 Å². The number of rotatable bonds is 6. The van der Waals surface area contributed by atoms with Crippen molar-refractivity contribution in [2.75, 3.05) is 26.2 Å². The normalized spacial score (nSPS) is 15.3. The topological polar surface area (TPSA) is 123 Å². The lowest BCUT2D eigenvalue weighted by atomic mass is 9.94. The van der Waals surface area contributed by atoms with E-state index in [0.29, 0.717) is 12.5 Å². The van der Waals surface area contributed by atoms with E-state index < -0.39 is 18.0 Å². The van der Waals surface area contributed by atoms with Crippen molar-refractivity contribution in [1.82, 2.24) is 9.88 Å². The van der Waals surface area contributed by atoms with E-state index in [-0.39, 0.29) is 12.4 Å². The number of hydrogen-bond acceptors (Lipinski definition) is 6. The lowest BCUT2D eigenvalue weighted by molar-refractivity contribution is -0.159. The summed E-state index contributed by atoms with van der Waals surface area (Å²) in [5.41, 5.74) is 2.14. The van der Waals surface area contributed by atoms with Gasteiger partial charge in [0.1, 0.15) is 24.3 Å². The SMILES string of the molecule is Cc1cc2c(OC[C@@H](O)CN3CCC(c4cc5c(F)cccc5s4)CC3)cccc2[nH]1.O=C(O)C(=O)O. The zero-order valence-corrected chi connectivity index (χ0v) is 21.1. The van der Waals surface area contributed by atoms with Crippen LogP contribution in [-0.2, 0) is 9.59 Å². The number of aryl methyl sites for hydroxylation is 1. The number of hydrogen-bond donors (Lipinski definition) is 4. The first-order chi connectivity index (χ1) is 17.7. The standard InChI is InChI=1S/C25H27FN2O2S.C2H2O4/c1-16-12-20-22(27-16)5-3-6-23(20)30-15-18(29)14-28-10-8-17(9-11-28)25-13-19-21(26)4-2-7-24(19)31-25;3-1(4)2(5)6/h2-7,12-13,17-18,27,29H,8-11,14-15H2,1H3;(H,3,4)(H,5,6)/t18-;/m0./s1. The van der Waals surface area contributed by atoms with Crippen LogP contribution < -0.4 is 4.74 Å². The molecule has 5 rings (SSSR count). The maximum absolute atomic E-state index is 14.0. The zero-order chi connectivity index (χ0) is 26.5. The van der Waals surface area contributed by atoms with Gasteiger partial charge in [0, 0.05) is 38.1 Å². The van der Waals surface area contributed by atoms with Gasteiger partial charge in [-0.05, 0) is 75.2 Å². The summed E-state index contributed by atoms with van der Waals surface area (Å²) in [6.07, 6.45) is 1.53. The van der Waals surface area contributed by atoms with E-state index in [2.05, 4.69) is 16.0 Å². The molecule has 0 spiro atoms. The molecule has 0 unspecified atom stereocenters. The summed E-state index contributed by atoms with van der Waals surface area (Å²) in [4.78, 5) is 25.1. The summed E-state index contributed by atoms with van der Waals surface area (Å²) in [5.74, 6) is -2.51. The van der Waals surface area contributed by atoms with Gasteiger partial charge >= 0.3 is 11.9 Å². The Morgan fingerprint density at radius 1 is 1.11 bits per heavy atom. The monoisotopic (exact) mass is 528 g/mol. The fourth-order valence-electron chi connectivity index (χ4n) is 4.58. The minimum absolute atomic E-state index is 0.133. The van der Waals surface area contributed by atoms with Crippen molar-refractivity contribution in [2.45, 2.75) is 31.8 Å². The van der Waals surface area contributed by atoms with E-state index in [4.69, 9.17) is 24.5 Å². The molecule has 1 atom stereocenters. The van der Waals surface area contributed by atoms with E-state index in [1.165, 1.54) is 10.9 Å².